The molecule has 0 atom stereocenters. The molecule has 1 fully saturated rings. The summed E-state index contributed by atoms with van der Waals surface area (Å²) in [4.78, 5) is 26.4. The Labute approximate surface area is 241 Å². The minimum atomic E-state index is -0.326. The fourth-order valence-electron chi connectivity index (χ4n) is 5.38. The summed E-state index contributed by atoms with van der Waals surface area (Å²) in [7, 11) is 0. The predicted molar refractivity (Wildman–Crippen MR) is 163 cm³/mol. The number of aliphatic hydroxyl groups is 1. The van der Waals surface area contributed by atoms with Crippen LogP contribution in [0.25, 0.3) is 22.0 Å². The smallest absolute Gasteiger partial charge is 0.273 e. The van der Waals surface area contributed by atoms with Gasteiger partial charge in [0.15, 0.2) is 0 Å². The Hall–Kier alpha value is -3.88. The molecule has 7 nitrogen and oxygen atoms in total. The number of carbonyl (C=O) groups is 1. The second-order valence-corrected chi connectivity index (χ2v) is 9.90. The van der Waals surface area contributed by atoms with Crippen molar-refractivity contribution in [3.63, 3.8) is 0 Å². The van der Waals surface area contributed by atoms with Gasteiger partial charge in [-0.1, -0.05) is 64.1 Å². The van der Waals surface area contributed by atoms with Gasteiger partial charge in [-0.2, -0.15) is 0 Å². The van der Waals surface area contributed by atoms with E-state index in [4.69, 9.17) is 5.73 Å². The lowest BCUT2D eigenvalue weighted by Crippen LogP contribution is -2.35. The first kappa shape index (κ1) is 30.1. The van der Waals surface area contributed by atoms with Crippen LogP contribution < -0.4 is 5.73 Å². The molecule has 0 saturated carbocycles. The van der Waals surface area contributed by atoms with Crippen molar-refractivity contribution < 1.29 is 14.3 Å². The average Bonchev–Trinajstić information content (AvgIpc) is 3.45. The maximum absolute atomic E-state index is 14.4. The molecule has 4 aromatic rings. The maximum Gasteiger partial charge on any atom is 0.273 e. The number of amides is 1. The van der Waals surface area contributed by atoms with Crippen molar-refractivity contribution in [3.05, 3.63) is 88.9 Å². The van der Waals surface area contributed by atoms with Crippen LogP contribution in [-0.4, -0.2) is 50.0 Å². The molecule has 0 unspecified atom stereocenters. The SMILES string of the molecule is CC.CC.Nc1nc(C(=O)N2Cc3ccccc3C2)c2cc(-c3cc(F)ccc3CN3CCC(O)CC3)ccc2n1. The summed E-state index contributed by atoms with van der Waals surface area (Å²) in [5.41, 5.74) is 11.6. The quantitative estimate of drug-likeness (QED) is 0.311. The molecule has 1 saturated heterocycles. The molecule has 2 aliphatic rings. The number of hydrogen-bond acceptors (Lipinski definition) is 6. The molecule has 0 bridgehead atoms. The highest BCUT2D eigenvalue weighted by Gasteiger charge is 2.27. The van der Waals surface area contributed by atoms with Crippen LogP contribution in [0.15, 0.2) is 60.7 Å². The number of nitrogens with zero attached hydrogens (tertiary/aromatic N) is 4. The molecule has 3 N–H and O–H groups in total. The van der Waals surface area contributed by atoms with Crippen LogP contribution in [0, 0.1) is 5.82 Å². The molecule has 0 aliphatic carbocycles. The monoisotopic (exact) mass is 557 g/mol. The van der Waals surface area contributed by atoms with Crippen LogP contribution in [0.5, 0.6) is 0 Å². The van der Waals surface area contributed by atoms with Crippen molar-refractivity contribution in [3.8, 4) is 11.1 Å². The number of nitrogen functional groups attached to an aromatic ring is 1. The van der Waals surface area contributed by atoms with E-state index in [1.54, 1.807) is 4.90 Å². The second-order valence-electron chi connectivity index (χ2n) is 9.90. The minimum absolute atomic E-state index is 0.0408. The number of rotatable bonds is 4. The third kappa shape index (κ3) is 6.72. The van der Waals surface area contributed by atoms with E-state index < -0.39 is 0 Å². The fraction of sp³-hybridized carbons (Fsp3) is 0.364. The molecule has 3 aromatic carbocycles. The summed E-state index contributed by atoms with van der Waals surface area (Å²) < 4.78 is 14.4. The second kappa shape index (κ2) is 13.7. The molecular formula is C33H40FN5O2. The number of carbonyl (C=O) groups excluding carboxylic acids is 1. The Balaban J connectivity index is 0.000000929. The number of aromatic nitrogens is 2. The van der Waals surface area contributed by atoms with Crippen molar-refractivity contribution in [2.45, 2.75) is 66.3 Å². The third-order valence-electron chi connectivity index (χ3n) is 7.38. The van der Waals surface area contributed by atoms with Crippen molar-refractivity contribution in [2.75, 3.05) is 18.8 Å². The van der Waals surface area contributed by atoms with Crippen LogP contribution in [0.3, 0.4) is 0 Å². The number of nitrogens with two attached hydrogens (primary N) is 1. The average molecular weight is 558 g/mol. The van der Waals surface area contributed by atoms with Crippen LogP contribution in [-0.2, 0) is 19.6 Å². The van der Waals surface area contributed by atoms with Gasteiger partial charge in [0.25, 0.3) is 5.91 Å². The Kier molecular flexibility index (Phi) is 10.0. The molecule has 3 heterocycles. The van der Waals surface area contributed by atoms with Crippen LogP contribution in [0.1, 0.15) is 67.7 Å². The molecule has 8 heteroatoms. The molecule has 0 radical (unpaired) electrons. The molecule has 1 amide bonds. The Bertz CT molecular complexity index is 1480. The lowest BCUT2D eigenvalue weighted by Gasteiger charge is -2.30. The summed E-state index contributed by atoms with van der Waals surface area (Å²) in [5.74, 6) is -0.495. The Morgan fingerprint density at radius 1 is 0.951 bits per heavy atom. The van der Waals surface area contributed by atoms with Gasteiger partial charge in [0.1, 0.15) is 11.5 Å². The number of benzene rings is 3. The van der Waals surface area contributed by atoms with E-state index in [2.05, 4.69) is 14.9 Å². The Morgan fingerprint density at radius 2 is 1.61 bits per heavy atom. The van der Waals surface area contributed by atoms with Gasteiger partial charge in [-0.25, -0.2) is 14.4 Å². The van der Waals surface area contributed by atoms with Crippen LogP contribution in [0.2, 0.25) is 0 Å². The maximum atomic E-state index is 14.4. The van der Waals surface area contributed by atoms with Crippen molar-refractivity contribution >= 4 is 22.8 Å². The topological polar surface area (TPSA) is 95.6 Å². The normalized spacial score (nSPS) is 15.0. The van der Waals surface area contributed by atoms with Gasteiger partial charge in [-0.3, -0.25) is 9.69 Å². The van der Waals surface area contributed by atoms with Gasteiger partial charge in [-0.15, -0.1) is 0 Å². The van der Waals surface area contributed by atoms with E-state index in [1.807, 2.05) is 76.2 Å². The van der Waals surface area contributed by atoms with Gasteiger partial charge in [0, 0.05) is 38.1 Å². The zero-order valence-electron chi connectivity index (χ0n) is 24.4. The first-order valence-electron chi connectivity index (χ1n) is 14.6. The van der Waals surface area contributed by atoms with Gasteiger partial charge in [-0.05, 0) is 64.9 Å². The first-order chi connectivity index (χ1) is 19.9. The molecule has 0 spiro atoms. The summed E-state index contributed by atoms with van der Waals surface area (Å²) in [6.07, 6.45) is 1.21. The highest BCUT2D eigenvalue weighted by Crippen LogP contribution is 2.32. The first-order valence-corrected chi connectivity index (χ1v) is 14.6. The number of piperidine rings is 1. The van der Waals surface area contributed by atoms with Gasteiger partial charge in [0.2, 0.25) is 5.95 Å². The molecular weight excluding hydrogens is 517 g/mol. The van der Waals surface area contributed by atoms with E-state index in [0.29, 0.717) is 30.5 Å². The standard InChI is InChI=1S/C29H28FN5O2.2C2H6/c30-22-7-5-21(15-34-11-9-23(36)10-12-34)24(14-22)18-6-8-26-25(13-18)27(33-29(31)32-26)28(37)35-16-19-3-1-2-4-20(19)17-35;2*1-2/h1-8,13-14,23,36H,9-12,15-17H2,(H2,31,32,33);2*1-2H3. The molecule has 2 aliphatic heterocycles. The lowest BCUT2D eigenvalue weighted by molar-refractivity contribution is 0.0747. The summed E-state index contributed by atoms with van der Waals surface area (Å²) in [6.45, 7) is 11.3. The lowest BCUT2D eigenvalue weighted by atomic mass is 9.96. The molecule has 216 valence electrons. The Morgan fingerprint density at radius 3 is 2.27 bits per heavy atom. The summed E-state index contributed by atoms with van der Waals surface area (Å²) >= 11 is 0. The van der Waals surface area contributed by atoms with Gasteiger partial charge in [0.05, 0.1) is 11.6 Å². The van der Waals surface area contributed by atoms with Crippen molar-refractivity contribution in [2.24, 2.45) is 0 Å². The summed E-state index contributed by atoms with van der Waals surface area (Å²) in [5, 5.41) is 10.4. The van der Waals surface area contributed by atoms with Crippen molar-refractivity contribution in [1.29, 1.82) is 0 Å². The zero-order valence-corrected chi connectivity index (χ0v) is 24.4. The number of anilines is 1. The van der Waals surface area contributed by atoms with E-state index in [1.165, 1.54) is 12.1 Å². The van der Waals surface area contributed by atoms with Crippen molar-refractivity contribution in [1.82, 2.24) is 19.8 Å². The number of halogens is 1. The van der Waals surface area contributed by atoms with Gasteiger partial charge >= 0.3 is 0 Å². The number of aliphatic hydroxyl groups excluding tert-OH is 1. The van der Waals surface area contributed by atoms with E-state index in [-0.39, 0.29) is 29.5 Å². The van der Waals surface area contributed by atoms with Gasteiger partial charge < -0.3 is 15.7 Å². The predicted octanol–water partition coefficient (Wildman–Crippen LogP) is 6.18. The molecule has 41 heavy (non-hydrogen) atoms. The molecule has 6 rings (SSSR count). The highest BCUT2D eigenvalue weighted by atomic mass is 19.1. The number of fused-ring (bicyclic) bond motifs is 2. The third-order valence-corrected chi connectivity index (χ3v) is 7.38. The summed E-state index contributed by atoms with van der Waals surface area (Å²) in [6, 6.07) is 18.4. The fourth-order valence-corrected chi connectivity index (χ4v) is 5.38. The minimum Gasteiger partial charge on any atom is -0.393 e. The largest absolute Gasteiger partial charge is 0.393 e. The number of likely N-dealkylation sites (tertiary alicyclic amines) is 1. The van der Waals surface area contributed by atoms with E-state index in [0.717, 1.165) is 53.7 Å². The zero-order chi connectivity index (χ0) is 29.5. The van der Waals surface area contributed by atoms with Crippen LogP contribution in [0.4, 0.5) is 10.3 Å². The van der Waals surface area contributed by atoms with Crippen LogP contribution >= 0.6 is 0 Å². The number of hydrogen-bond donors (Lipinski definition) is 2. The molecule has 1 aromatic heterocycles. The van der Waals surface area contributed by atoms with E-state index >= 15 is 0 Å². The van der Waals surface area contributed by atoms with E-state index in [9.17, 15) is 14.3 Å². The highest BCUT2D eigenvalue weighted by molar-refractivity contribution is 6.06.